The first-order valence-electron chi connectivity index (χ1n) is 6.57. The molecule has 0 aromatic rings. The van der Waals surface area contributed by atoms with Gasteiger partial charge < -0.3 is 4.74 Å². The Hall–Kier alpha value is -0.500. The summed E-state index contributed by atoms with van der Waals surface area (Å²) in [6, 6.07) is 0. The van der Waals surface area contributed by atoms with Crippen molar-refractivity contribution in [2.24, 2.45) is 17.8 Å². The number of halogens is 1. The highest BCUT2D eigenvalue weighted by Gasteiger charge is 2.53. The van der Waals surface area contributed by atoms with E-state index in [1.165, 1.54) is 19.3 Å². The molecule has 4 bridgehead atoms. The van der Waals surface area contributed by atoms with Gasteiger partial charge in [-0.2, -0.15) is 0 Å². The van der Waals surface area contributed by atoms with Gasteiger partial charge in [-0.05, 0) is 56.3 Å². The van der Waals surface area contributed by atoms with E-state index in [0.29, 0.717) is 5.57 Å². The van der Waals surface area contributed by atoms with E-state index in [1.807, 2.05) is 0 Å². The molecule has 94 valence electrons. The molecule has 0 spiro atoms. The second-order valence-electron chi connectivity index (χ2n) is 6.23. The zero-order valence-corrected chi connectivity index (χ0v) is 10.8. The smallest absolute Gasteiger partial charge is 0.335 e. The molecule has 0 aromatic heterocycles. The third-order valence-electron chi connectivity index (χ3n) is 4.74. The van der Waals surface area contributed by atoms with Crippen LogP contribution in [0.3, 0.4) is 0 Å². The molecule has 0 aromatic carbocycles. The fourth-order valence-electron chi connectivity index (χ4n) is 4.48. The minimum atomic E-state index is -0.276. The van der Waals surface area contributed by atoms with Crippen LogP contribution in [0.25, 0.3) is 0 Å². The van der Waals surface area contributed by atoms with Gasteiger partial charge in [0.05, 0.1) is 5.88 Å². The Morgan fingerprint density at radius 3 is 2.06 bits per heavy atom. The van der Waals surface area contributed by atoms with Gasteiger partial charge in [-0.1, -0.05) is 6.58 Å². The molecule has 0 radical (unpaired) electrons. The Bertz CT molecular complexity index is 326. The van der Waals surface area contributed by atoms with Gasteiger partial charge in [-0.25, -0.2) is 4.79 Å². The van der Waals surface area contributed by atoms with Crippen LogP contribution in [0.4, 0.5) is 0 Å². The number of hydrogen-bond donors (Lipinski definition) is 0. The third-order valence-corrected chi connectivity index (χ3v) is 5.06. The Morgan fingerprint density at radius 2 is 1.65 bits per heavy atom. The zero-order valence-electron chi connectivity index (χ0n) is 10.1. The fourth-order valence-corrected chi connectivity index (χ4v) is 4.59. The van der Waals surface area contributed by atoms with Crippen LogP contribution in [0.5, 0.6) is 0 Å². The summed E-state index contributed by atoms with van der Waals surface area (Å²) in [5, 5.41) is 0. The molecule has 4 saturated carbocycles. The van der Waals surface area contributed by atoms with Crippen LogP contribution in [0.15, 0.2) is 12.2 Å². The van der Waals surface area contributed by atoms with Gasteiger partial charge in [0.15, 0.2) is 0 Å². The molecule has 0 N–H and O–H groups in total. The second-order valence-corrected chi connectivity index (χ2v) is 6.49. The monoisotopic (exact) mass is 254 g/mol. The van der Waals surface area contributed by atoms with E-state index in [2.05, 4.69) is 6.58 Å². The molecule has 4 aliphatic rings. The fraction of sp³-hybridized carbons (Fsp3) is 0.786. The van der Waals surface area contributed by atoms with E-state index in [9.17, 15) is 4.79 Å². The molecule has 4 aliphatic carbocycles. The normalized spacial score (nSPS) is 42.5. The van der Waals surface area contributed by atoms with Crippen molar-refractivity contribution in [3.63, 3.8) is 0 Å². The molecular weight excluding hydrogens is 236 g/mol. The second kappa shape index (κ2) is 4.01. The standard InChI is InChI=1S/C14H19ClO2/c1-9(8-15)13(16)17-14-5-10-2-11(6-14)4-12(3-10)7-14/h10-12H,1-8H2. The minimum Gasteiger partial charge on any atom is -0.456 e. The van der Waals surface area contributed by atoms with Crippen LogP contribution in [0.2, 0.25) is 0 Å². The van der Waals surface area contributed by atoms with Gasteiger partial charge in [0.25, 0.3) is 0 Å². The predicted molar refractivity (Wildman–Crippen MR) is 66.9 cm³/mol. The van der Waals surface area contributed by atoms with Crippen LogP contribution in [0, 0.1) is 17.8 Å². The maximum atomic E-state index is 11.9. The van der Waals surface area contributed by atoms with Crippen LogP contribution >= 0.6 is 11.6 Å². The largest absolute Gasteiger partial charge is 0.456 e. The van der Waals surface area contributed by atoms with E-state index in [-0.39, 0.29) is 17.5 Å². The lowest BCUT2D eigenvalue weighted by molar-refractivity contribution is -0.182. The Morgan fingerprint density at radius 1 is 1.18 bits per heavy atom. The van der Waals surface area contributed by atoms with Crippen molar-refractivity contribution in [2.75, 3.05) is 5.88 Å². The molecule has 0 atom stereocenters. The Kier molecular flexibility index (Phi) is 2.73. The molecule has 4 fully saturated rings. The summed E-state index contributed by atoms with van der Waals surface area (Å²) in [7, 11) is 0. The van der Waals surface area contributed by atoms with E-state index in [4.69, 9.17) is 16.3 Å². The van der Waals surface area contributed by atoms with Crippen molar-refractivity contribution < 1.29 is 9.53 Å². The highest BCUT2D eigenvalue weighted by molar-refractivity contribution is 6.22. The first kappa shape index (κ1) is 11.6. The summed E-state index contributed by atoms with van der Waals surface area (Å²) < 4.78 is 5.78. The highest BCUT2D eigenvalue weighted by atomic mass is 35.5. The summed E-state index contributed by atoms with van der Waals surface area (Å²) in [6.45, 7) is 3.66. The van der Waals surface area contributed by atoms with Crippen molar-refractivity contribution in [3.8, 4) is 0 Å². The molecule has 0 saturated heterocycles. The molecule has 2 nitrogen and oxygen atoms in total. The van der Waals surface area contributed by atoms with Crippen molar-refractivity contribution in [1.82, 2.24) is 0 Å². The first-order valence-corrected chi connectivity index (χ1v) is 7.11. The number of carbonyl (C=O) groups is 1. The average molecular weight is 255 g/mol. The van der Waals surface area contributed by atoms with Crippen molar-refractivity contribution in [3.05, 3.63) is 12.2 Å². The maximum absolute atomic E-state index is 11.9. The van der Waals surface area contributed by atoms with E-state index in [0.717, 1.165) is 37.0 Å². The quantitative estimate of drug-likeness (QED) is 0.439. The highest BCUT2D eigenvalue weighted by Crippen LogP contribution is 2.57. The molecule has 0 aliphatic heterocycles. The molecule has 0 unspecified atom stereocenters. The summed E-state index contributed by atoms with van der Waals surface area (Å²) in [5.41, 5.74) is 0.225. The summed E-state index contributed by atoms with van der Waals surface area (Å²) >= 11 is 5.63. The number of alkyl halides is 1. The van der Waals surface area contributed by atoms with Crippen molar-refractivity contribution >= 4 is 17.6 Å². The number of hydrogen-bond acceptors (Lipinski definition) is 2. The zero-order chi connectivity index (χ0) is 12.0. The number of esters is 1. The lowest BCUT2D eigenvalue weighted by atomic mass is 9.54. The summed E-state index contributed by atoms with van der Waals surface area (Å²) in [6.07, 6.45) is 7.27. The van der Waals surface area contributed by atoms with E-state index >= 15 is 0 Å². The number of rotatable bonds is 3. The van der Waals surface area contributed by atoms with Gasteiger partial charge in [0, 0.05) is 5.57 Å². The Balaban J connectivity index is 1.74. The molecular formula is C14H19ClO2. The van der Waals surface area contributed by atoms with Crippen molar-refractivity contribution in [2.45, 2.75) is 44.1 Å². The molecule has 0 amide bonds. The van der Waals surface area contributed by atoms with Crippen LogP contribution < -0.4 is 0 Å². The van der Waals surface area contributed by atoms with E-state index < -0.39 is 0 Å². The predicted octanol–water partition coefficient (Wildman–Crippen LogP) is 3.29. The van der Waals surface area contributed by atoms with Crippen LogP contribution in [-0.4, -0.2) is 17.5 Å². The van der Waals surface area contributed by atoms with Crippen LogP contribution in [0.1, 0.15) is 38.5 Å². The lowest BCUT2D eigenvalue weighted by Gasteiger charge is -2.55. The lowest BCUT2D eigenvalue weighted by Crippen LogP contribution is -2.52. The summed E-state index contributed by atoms with van der Waals surface area (Å²) in [4.78, 5) is 11.9. The van der Waals surface area contributed by atoms with Crippen LogP contribution in [-0.2, 0) is 9.53 Å². The third kappa shape index (κ3) is 2.01. The average Bonchev–Trinajstić information content (AvgIpc) is 2.25. The SMILES string of the molecule is C=C(CCl)C(=O)OC12CC3CC(CC(C3)C1)C2. The molecule has 17 heavy (non-hydrogen) atoms. The van der Waals surface area contributed by atoms with Gasteiger partial charge in [0.1, 0.15) is 5.60 Å². The van der Waals surface area contributed by atoms with Gasteiger partial charge in [-0.3, -0.25) is 0 Å². The molecule has 3 heteroatoms. The molecule has 0 heterocycles. The van der Waals surface area contributed by atoms with E-state index in [1.54, 1.807) is 0 Å². The first-order chi connectivity index (χ1) is 8.10. The molecule has 4 rings (SSSR count). The summed E-state index contributed by atoms with van der Waals surface area (Å²) in [5.74, 6) is 2.27. The maximum Gasteiger partial charge on any atom is 0.335 e. The topological polar surface area (TPSA) is 26.3 Å². The number of carbonyl (C=O) groups excluding carboxylic acids is 1. The van der Waals surface area contributed by atoms with Gasteiger partial charge in [-0.15, -0.1) is 11.6 Å². The van der Waals surface area contributed by atoms with Gasteiger partial charge in [0.2, 0.25) is 0 Å². The minimum absolute atomic E-state index is 0.166. The van der Waals surface area contributed by atoms with Gasteiger partial charge >= 0.3 is 5.97 Å². The number of ether oxygens (including phenoxy) is 1. The Labute approximate surface area is 107 Å². The van der Waals surface area contributed by atoms with Crippen molar-refractivity contribution in [1.29, 1.82) is 0 Å².